The monoisotopic (exact) mass is 322 g/mol. The lowest BCUT2D eigenvalue weighted by atomic mass is 10.3. The van der Waals surface area contributed by atoms with Crippen LogP contribution in [0.3, 0.4) is 0 Å². The third kappa shape index (κ3) is 1.91. The van der Waals surface area contributed by atoms with E-state index in [1.54, 1.807) is 11.3 Å². The summed E-state index contributed by atoms with van der Waals surface area (Å²) in [4.78, 5) is 9.85. The summed E-state index contributed by atoms with van der Waals surface area (Å²) in [5, 5.41) is 0. The zero-order valence-electron chi connectivity index (χ0n) is 9.72. The Hall–Kier alpha value is -1.40. The predicted molar refractivity (Wildman–Crippen MR) is 77.8 cm³/mol. The third-order valence-corrected chi connectivity index (χ3v) is 4.30. The van der Waals surface area contributed by atoms with Crippen molar-refractivity contribution < 1.29 is 0 Å². The Morgan fingerprint density at radius 3 is 3.00 bits per heavy atom. The van der Waals surface area contributed by atoms with Crippen LogP contribution in [0.1, 0.15) is 10.6 Å². The van der Waals surface area contributed by atoms with Gasteiger partial charge in [0.25, 0.3) is 0 Å². The fourth-order valence-corrected chi connectivity index (χ4v) is 3.02. The topological polar surface area (TPSA) is 56.7 Å². The van der Waals surface area contributed by atoms with Crippen molar-refractivity contribution in [3.63, 3.8) is 0 Å². The number of imidazole rings is 1. The minimum Gasteiger partial charge on any atom is -0.369 e. The first kappa shape index (κ1) is 11.7. The first-order valence-electron chi connectivity index (χ1n) is 5.45. The molecule has 18 heavy (non-hydrogen) atoms. The second-order valence-corrected chi connectivity index (χ2v) is 5.91. The van der Waals surface area contributed by atoms with Crippen LogP contribution in [0.5, 0.6) is 0 Å². The lowest BCUT2D eigenvalue weighted by Crippen LogP contribution is -2.04. The summed E-state index contributed by atoms with van der Waals surface area (Å²) >= 11 is 5.08. The summed E-state index contributed by atoms with van der Waals surface area (Å²) in [6, 6.07) is 6.00. The van der Waals surface area contributed by atoms with Gasteiger partial charge in [-0.15, -0.1) is 11.3 Å². The quantitative estimate of drug-likeness (QED) is 0.788. The van der Waals surface area contributed by atoms with Gasteiger partial charge >= 0.3 is 0 Å². The van der Waals surface area contributed by atoms with Crippen LogP contribution in [0.25, 0.3) is 11.0 Å². The number of rotatable bonds is 2. The molecule has 0 saturated heterocycles. The SMILES string of the molecule is Cc1ncsc1Cn1c(N)nc2cc(Br)ccc21. The van der Waals surface area contributed by atoms with Gasteiger partial charge < -0.3 is 10.3 Å². The van der Waals surface area contributed by atoms with E-state index in [0.717, 1.165) is 27.7 Å². The highest BCUT2D eigenvalue weighted by atomic mass is 79.9. The molecule has 3 aromatic rings. The molecule has 0 unspecified atom stereocenters. The van der Waals surface area contributed by atoms with Crippen molar-refractivity contribution in [1.82, 2.24) is 14.5 Å². The molecule has 2 aromatic heterocycles. The molecule has 0 bridgehead atoms. The van der Waals surface area contributed by atoms with Crippen LogP contribution in [-0.2, 0) is 6.54 Å². The van der Waals surface area contributed by atoms with Crippen molar-refractivity contribution >= 4 is 44.2 Å². The Morgan fingerprint density at radius 1 is 1.44 bits per heavy atom. The molecule has 0 atom stereocenters. The van der Waals surface area contributed by atoms with E-state index in [-0.39, 0.29) is 0 Å². The fourth-order valence-electron chi connectivity index (χ4n) is 1.91. The predicted octanol–water partition coefficient (Wildman–Crippen LogP) is 3.19. The maximum Gasteiger partial charge on any atom is 0.201 e. The molecule has 0 aliphatic heterocycles. The van der Waals surface area contributed by atoms with E-state index in [1.807, 2.05) is 35.2 Å². The van der Waals surface area contributed by atoms with Gasteiger partial charge in [-0.1, -0.05) is 15.9 Å². The molecule has 0 fully saturated rings. The number of nitrogens with two attached hydrogens (primary N) is 1. The highest BCUT2D eigenvalue weighted by Crippen LogP contribution is 2.24. The van der Waals surface area contributed by atoms with Crippen molar-refractivity contribution in [3.8, 4) is 0 Å². The van der Waals surface area contributed by atoms with Gasteiger partial charge in [0.2, 0.25) is 5.95 Å². The van der Waals surface area contributed by atoms with E-state index < -0.39 is 0 Å². The number of halogens is 1. The number of aryl methyl sites for hydroxylation is 1. The minimum atomic E-state index is 0.538. The fraction of sp³-hybridized carbons (Fsp3) is 0.167. The van der Waals surface area contributed by atoms with Crippen molar-refractivity contribution in [3.05, 3.63) is 38.8 Å². The Bertz CT molecular complexity index is 716. The number of benzene rings is 1. The van der Waals surface area contributed by atoms with Gasteiger partial charge in [-0.25, -0.2) is 9.97 Å². The van der Waals surface area contributed by atoms with Crippen LogP contribution < -0.4 is 5.73 Å². The lowest BCUT2D eigenvalue weighted by molar-refractivity contribution is 0.843. The van der Waals surface area contributed by atoms with Crippen molar-refractivity contribution in [2.75, 3.05) is 5.73 Å². The van der Waals surface area contributed by atoms with Crippen molar-refractivity contribution in [2.45, 2.75) is 13.5 Å². The molecular formula is C12H11BrN4S. The molecular weight excluding hydrogens is 312 g/mol. The van der Waals surface area contributed by atoms with Crippen LogP contribution in [0, 0.1) is 6.92 Å². The maximum absolute atomic E-state index is 5.99. The van der Waals surface area contributed by atoms with Crippen LogP contribution in [0.15, 0.2) is 28.2 Å². The number of fused-ring (bicyclic) bond motifs is 1. The van der Waals surface area contributed by atoms with Gasteiger partial charge in [0.15, 0.2) is 0 Å². The van der Waals surface area contributed by atoms with Gasteiger partial charge in [0.05, 0.1) is 28.8 Å². The van der Waals surface area contributed by atoms with Crippen LogP contribution in [0.4, 0.5) is 5.95 Å². The van der Waals surface area contributed by atoms with Crippen LogP contribution in [-0.4, -0.2) is 14.5 Å². The third-order valence-electron chi connectivity index (χ3n) is 2.89. The molecule has 2 N–H and O–H groups in total. The molecule has 0 amide bonds. The number of hydrogen-bond acceptors (Lipinski definition) is 4. The first-order chi connectivity index (χ1) is 8.65. The molecule has 0 radical (unpaired) electrons. The molecule has 2 heterocycles. The number of hydrogen-bond donors (Lipinski definition) is 1. The Labute approximate surface area is 117 Å². The molecule has 0 saturated carbocycles. The zero-order chi connectivity index (χ0) is 12.7. The van der Waals surface area contributed by atoms with Gasteiger partial charge in [0, 0.05) is 9.35 Å². The Kier molecular flexibility index (Phi) is 2.83. The summed E-state index contributed by atoms with van der Waals surface area (Å²) in [5.74, 6) is 0.538. The molecule has 4 nitrogen and oxygen atoms in total. The van der Waals surface area contributed by atoms with Gasteiger partial charge in [-0.2, -0.15) is 0 Å². The number of aromatic nitrogens is 3. The zero-order valence-corrected chi connectivity index (χ0v) is 12.1. The average molecular weight is 323 g/mol. The second-order valence-electron chi connectivity index (χ2n) is 4.05. The smallest absolute Gasteiger partial charge is 0.201 e. The summed E-state index contributed by atoms with van der Waals surface area (Å²) < 4.78 is 3.02. The Balaban J connectivity index is 2.11. The van der Waals surface area contributed by atoms with E-state index >= 15 is 0 Å². The molecule has 6 heteroatoms. The van der Waals surface area contributed by atoms with Gasteiger partial charge in [-0.05, 0) is 25.1 Å². The van der Waals surface area contributed by atoms with E-state index in [2.05, 4.69) is 25.9 Å². The normalized spacial score (nSPS) is 11.2. The average Bonchev–Trinajstić information content (AvgIpc) is 2.85. The molecule has 0 spiro atoms. The number of thiazole rings is 1. The van der Waals surface area contributed by atoms with E-state index in [9.17, 15) is 0 Å². The van der Waals surface area contributed by atoms with E-state index in [4.69, 9.17) is 5.73 Å². The highest BCUT2D eigenvalue weighted by molar-refractivity contribution is 9.10. The van der Waals surface area contributed by atoms with E-state index in [1.165, 1.54) is 4.88 Å². The van der Waals surface area contributed by atoms with Crippen molar-refractivity contribution in [1.29, 1.82) is 0 Å². The van der Waals surface area contributed by atoms with Gasteiger partial charge in [-0.3, -0.25) is 0 Å². The molecule has 1 aromatic carbocycles. The highest BCUT2D eigenvalue weighted by Gasteiger charge is 2.11. The first-order valence-corrected chi connectivity index (χ1v) is 7.12. The molecule has 92 valence electrons. The molecule has 0 aliphatic rings. The Morgan fingerprint density at radius 2 is 2.28 bits per heavy atom. The number of anilines is 1. The minimum absolute atomic E-state index is 0.538. The molecule has 0 aliphatic carbocycles. The van der Waals surface area contributed by atoms with Gasteiger partial charge in [0.1, 0.15) is 0 Å². The lowest BCUT2D eigenvalue weighted by Gasteiger charge is -2.05. The second kappa shape index (κ2) is 4.37. The van der Waals surface area contributed by atoms with Crippen LogP contribution in [0.2, 0.25) is 0 Å². The summed E-state index contributed by atoms with van der Waals surface area (Å²) in [6.07, 6.45) is 0. The largest absolute Gasteiger partial charge is 0.369 e. The summed E-state index contributed by atoms with van der Waals surface area (Å²) in [5.41, 5.74) is 10.9. The van der Waals surface area contributed by atoms with Crippen LogP contribution >= 0.6 is 27.3 Å². The van der Waals surface area contributed by atoms with Crippen molar-refractivity contribution in [2.24, 2.45) is 0 Å². The van der Waals surface area contributed by atoms with E-state index in [0.29, 0.717) is 5.95 Å². The molecule has 3 rings (SSSR count). The number of nitrogen functional groups attached to an aromatic ring is 1. The standard InChI is InChI=1S/C12H11BrN4S/c1-7-11(18-6-15-7)5-17-10-3-2-8(13)4-9(10)16-12(17)14/h2-4,6H,5H2,1H3,(H2,14,16). The number of nitrogens with zero attached hydrogens (tertiary/aromatic N) is 3. The maximum atomic E-state index is 5.99. The summed E-state index contributed by atoms with van der Waals surface area (Å²) in [6.45, 7) is 2.73. The summed E-state index contributed by atoms with van der Waals surface area (Å²) in [7, 11) is 0.